The second kappa shape index (κ2) is 13.7. The van der Waals surface area contributed by atoms with Crippen molar-refractivity contribution in [3.63, 3.8) is 0 Å². The summed E-state index contributed by atoms with van der Waals surface area (Å²) >= 11 is 1.49. The van der Waals surface area contributed by atoms with Gasteiger partial charge in [0.1, 0.15) is 5.75 Å². The number of hydrogen-bond donors (Lipinski definition) is 0. The van der Waals surface area contributed by atoms with Crippen LogP contribution in [-0.2, 0) is 11.2 Å². The first-order valence-electron chi connectivity index (χ1n) is 10.1. The van der Waals surface area contributed by atoms with Crippen LogP contribution in [0.25, 0.3) is 0 Å². The minimum absolute atomic E-state index is 0.0308. The number of ether oxygens (including phenoxy) is 1. The number of nitrogens with zero attached hydrogens (tertiary/aromatic N) is 1. The number of alkyl halides is 3. The summed E-state index contributed by atoms with van der Waals surface area (Å²) in [5.74, 6) is 1.41. The molecular weight excluding hydrogens is 423 g/mol. The molecule has 0 N–H and O–H groups in total. The molecule has 1 aliphatic rings. The van der Waals surface area contributed by atoms with Crippen molar-refractivity contribution in [1.82, 2.24) is 0 Å². The van der Waals surface area contributed by atoms with E-state index in [4.69, 9.17) is 4.74 Å². The van der Waals surface area contributed by atoms with Gasteiger partial charge in [-0.15, -0.1) is 24.6 Å². The molecule has 0 saturated heterocycles. The van der Waals surface area contributed by atoms with Gasteiger partial charge < -0.3 is 9.64 Å². The highest BCUT2D eigenvalue weighted by molar-refractivity contribution is 7.99. The van der Waals surface area contributed by atoms with Gasteiger partial charge in [-0.05, 0) is 36.2 Å². The molecule has 0 saturated carbocycles. The zero-order valence-electron chi connectivity index (χ0n) is 17.8. The normalized spacial score (nSPS) is 12.4. The Kier molecular flexibility index (Phi) is 11.7. The van der Waals surface area contributed by atoms with Crippen LogP contribution in [0.2, 0.25) is 0 Å². The summed E-state index contributed by atoms with van der Waals surface area (Å²) < 4.78 is 43.4. The van der Waals surface area contributed by atoms with Crippen molar-refractivity contribution in [2.24, 2.45) is 0 Å². The number of benzene rings is 2. The topological polar surface area (TPSA) is 29.5 Å². The Morgan fingerprint density at radius 2 is 1.81 bits per heavy atom. The van der Waals surface area contributed by atoms with Crippen molar-refractivity contribution in [1.29, 1.82) is 0 Å². The maximum absolute atomic E-state index is 12.6. The van der Waals surface area contributed by atoms with Crippen LogP contribution < -0.4 is 9.64 Å². The number of halogens is 3. The number of anilines is 1. The number of para-hydroxylation sites is 1. The van der Waals surface area contributed by atoms with E-state index in [9.17, 15) is 18.0 Å². The van der Waals surface area contributed by atoms with Gasteiger partial charge in [-0.3, -0.25) is 4.79 Å². The van der Waals surface area contributed by atoms with Crippen LogP contribution in [0, 0.1) is 12.8 Å². The van der Waals surface area contributed by atoms with Crippen molar-refractivity contribution >= 4 is 23.4 Å². The van der Waals surface area contributed by atoms with Gasteiger partial charge in [0.15, 0.2) is 0 Å². The minimum Gasteiger partial charge on any atom is -0.494 e. The van der Waals surface area contributed by atoms with E-state index < -0.39 is 12.6 Å². The third-order valence-corrected chi connectivity index (χ3v) is 5.16. The van der Waals surface area contributed by atoms with Crippen LogP contribution in [-0.4, -0.2) is 31.0 Å². The summed E-state index contributed by atoms with van der Waals surface area (Å²) in [6.45, 7) is 5.00. The second-order valence-corrected chi connectivity index (χ2v) is 7.39. The van der Waals surface area contributed by atoms with Crippen molar-refractivity contribution in [3.8, 4) is 18.6 Å². The Hall–Kier alpha value is -2.59. The number of terminal acetylenes is 1. The molecule has 168 valence electrons. The third-order valence-electron chi connectivity index (χ3n) is 4.14. The number of thioether (sulfide) groups is 1. The molecule has 1 amide bonds. The fraction of sp³-hybridized carbons (Fsp3) is 0.375. The Morgan fingerprint density at radius 1 is 1.13 bits per heavy atom. The molecule has 2 aromatic carbocycles. The largest absolute Gasteiger partial charge is 0.494 e. The smallest absolute Gasteiger partial charge is 0.393 e. The van der Waals surface area contributed by atoms with Crippen LogP contribution in [0.15, 0.2) is 53.4 Å². The summed E-state index contributed by atoms with van der Waals surface area (Å²) in [6, 6.07) is 14.0. The molecule has 0 unspecified atom stereocenters. The number of amides is 1. The molecule has 1 aliphatic heterocycles. The molecule has 31 heavy (non-hydrogen) atoms. The summed E-state index contributed by atoms with van der Waals surface area (Å²) in [5.41, 5.74) is 0.922. The first-order valence-corrected chi connectivity index (χ1v) is 11.0. The Bertz CT molecular complexity index is 823. The first-order chi connectivity index (χ1) is 14.9. The lowest BCUT2D eigenvalue weighted by molar-refractivity contribution is -0.127. The van der Waals surface area contributed by atoms with Gasteiger partial charge in [0.2, 0.25) is 5.91 Å². The van der Waals surface area contributed by atoms with Crippen molar-refractivity contribution in [2.75, 3.05) is 23.8 Å². The Morgan fingerprint density at radius 3 is 2.45 bits per heavy atom. The Labute approximate surface area is 187 Å². The highest BCUT2D eigenvalue weighted by Gasteiger charge is 2.29. The van der Waals surface area contributed by atoms with Crippen LogP contribution in [0.5, 0.6) is 5.75 Å². The highest BCUT2D eigenvalue weighted by Crippen LogP contribution is 2.37. The van der Waals surface area contributed by atoms with Gasteiger partial charge in [0, 0.05) is 23.6 Å². The lowest BCUT2D eigenvalue weighted by Gasteiger charge is -2.29. The van der Waals surface area contributed by atoms with E-state index in [0.29, 0.717) is 37.4 Å². The molecule has 3 nitrogen and oxygen atoms in total. The zero-order valence-corrected chi connectivity index (χ0v) is 18.6. The maximum Gasteiger partial charge on any atom is 0.393 e. The van der Waals surface area contributed by atoms with Crippen molar-refractivity contribution in [3.05, 3.63) is 54.1 Å². The predicted octanol–water partition coefficient (Wildman–Crippen LogP) is 6.36. The summed E-state index contributed by atoms with van der Waals surface area (Å²) in [7, 11) is 0. The zero-order chi connectivity index (χ0) is 23.3. The molecule has 0 spiro atoms. The van der Waals surface area contributed by atoms with Gasteiger partial charge >= 0.3 is 6.18 Å². The van der Waals surface area contributed by atoms with Crippen LogP contribution in [0.3, 0.4) is 0 Å². The molecule has 0 aliphatic carbocycles. The maximum atomic E-state index is 12.6. The fourth-order valence-corrected chi connectivity index (χ4v) is 3.98. The molecule has 1 heterocycles. The molecule has 0 radical (unpaired) electrons. The average Bonchev–Trinajstić information content (AvgIpc) is 2.78. The molecule has 0 atom stereocenters. The standard InChI is InChI=1S/C20H20F3NO2S.C2H6.C2H2/c21-20(22,23)14-15-8-9-17-18(13-15)27-12-10-24(17)19(25)7-4-11-26-16-5-2-1-3-6-16;2*1-2/h1-3,5-6,8-9,13H,4,7,10-12,14H2;1-2H3;1-2H. The Balaban J connectivity index is 0.00000113. The van der Waals surface area contributed by atoms with E-state index in [1.807, 2.05) is 44.2 Å². The van der Waals surface area contributed by atoms with E-state index in [2.05, 4.69) is 12.8 Å². The van der Waals surface area contributed by atoms with Crippen LogP contribution >= 0.6 is 11.8 Å². The number of carbonyl (C=O) groups excluding carboxylic acids is 1. The van der Waals surface area contributed by atoms with Gasteiger partial charge in [-0.1, -0.05) is 38.1 Å². The van der Waals surface area contributed by atoms with E-state index in [0.717, 1.165) is 10.6 Å². The average molecular weight is 452 g/mol. The molecule has 7 heteroatoms. The van der Waals surface area contributed by atoms with Crippen LogP contribution in [0.4, 0.5) is 18.9 Å². The van der Waals surface area contributed by atoms with E-state index in [-0.39, 0.29) is 11.5 Å². The van der Waals surface area contributed by atoms with Crippen molar-refractivity contribution in [2.45, 2.75) is 44.2 Å². The minimum atomic E-state index is -4.23. The number of hydrogen-bond acceptors (Lipinski definition) is 3. The van der Waals surface area contributed by atoms with Gasteiger partial charge in [0.25, 0.3) is 0 Å². The van der Waals surface area contributed by atoms with E-state index in [1.54, 1.807) is 17.0 Å². The third kappa shape index (κ3) is 8.97. The molecule has 3 rings (SSSR count). The monoisotopic (exact) mass is 451 g/mol. The number of rotatable bonds is 6. The second-order valence-electron chi connectivity index (χ2n) is 6.25. The first kappa shape index (κ1) is 26.4. The van der Waals surface area contributed by atoms with E-state index >= 15 is 0 Å². The molecular formula is C24H28F3NO2S. The predicted molar refractivity (Wildman–Crippen MR) is 122 cm³/mol. The van der Waals surface area contributed by atoms with Crippen molar-refractivity contribution < 1.29 is 22.7 Å². The molecule has 0 aromatic heterocycles. The van der Waals surface area contributed by atoms with Gasteiger partial charge in [-0.25, -0.2) is 0 Å². The van der Waals surface area contributed by atoms with Crippen LogP contribution in [0.1, 0.15) is 32.3 Å². The van der Waals surface area contributed by atoms with Gasteiger partial charge in [-0.2, -0.15) is 13.2 Å². The lowest BCUT2D eigenvalue weighted by Crippen LogP contribution is -2.35. The number of fused-ring (bicyclic) bond motifs is 1. The fourth-order valence-electron chi connectivity index (χ4n) is 2.93. The van der Waals surface area contributed by atoms with Gasteiger partial charge in [0.05, 0.1) is 18.7 Å². The SMILES string of the molecule is C#C.CC.O=C(CCCOc1ccccc1)N1CCSc2cc(CC(F)(F)F)ccc21. The quantitative estimate of drug-likeness (QED) is 0.378. The molecule has 0 bridgehead atoms. The van der Waals surface area contributed by atoms with E-state index in [1.165, 1.54) is 17.8 Å². The summed E-state index contributed by atoms with van der Waals surface area (Å²) in [4.78, 5) is 15.0. The lowest BCUT2D eigenvalue weighted by atomic mass is 10.1. The molecule has 0 fully saturated rings. The summed E-state index contributed by atoms with van der Waals surface area (Å²) in [5, 5.41) is 0. The highest BCUT2D eigenvalue weighted by atomic mass is 32.2. The summed E-state index contributed by atoms with van der Waals surface area (Å²) in [6.07, 6.45) is 3.73. The number of carbonyl (C=O) groups is 1. The molecule has 2 aromatic rings.